The zero-order chi connectivity index (χ0) is 16.9. The fraction of sp³-hybridized carbons (Fsp3) is 0.444. The standard InChI is InChI=1S/C18H23N3O2S/c1-13(14(2)21-9-11-23-12-10-21)19-17(22)7-8-18-20-15-5-3-4-6-16(15)24-18/h3-8,13-14H,9-12H2,1-2H3,(H,19,22)/b8-7+. The Morgan fingerprint density at radius 2 is 2.08 bits per heavy atom. The predicted octanol–water partition coefficient (Wildman–Crippen LogP) is 2.53. The third-order valence-corrected chi connectivity index (χ3v) is 5.40. The Bertz CT molecular complexity index is 689. The molecule has 1 fully saturated rings. The number of aromatic nitrogens is 1. The average Bonchev–Trinajstić information content (AvgIpc) is 3.03. The molecule has 1 aliphatic rings. The Morgan fingerprint density at radius 3 is 2.83 bits per heavy atom. The van der Waals surface area contributed by atoms with E-state index in [1.165, 1.54) is 0 Å². The molecule has 1 aromatic carbocycles. The van der Waals surface area contributed by atoms with Gasteiger partial charge in [-0.05, 0) is 32.1 Å². The number of nitrogens with zero attached hydrogens (tertiary/aromatic N) is 2. The summed E-state index contributed by atoms with van der Waals surface area (Å²) in [4.78, 5) is 19.0. The van der Waals surface area contributed by atoms with E-state index in [9.17, 15) is 4.79 Å². The molecule has 2 atom stereocenters. The summed E-state index contributed by atoms with van der Waals surface area (Å²) in [6.45, 7) is 7.56. The van der Waals surface area contributed by atoms with Crippen molar-refractivity contribution < 1.29 is 9.53 Å². The van der Waals surface area contributed by atoms with Crippen molar-refractivity contribution >= 4 is 33.5 Å². The number of rotatable bonds is 5. The van der Waals surface area contributed by atoms with Gasteiger partial charge in [0.25, 0.3) is 0 Å². The van der Waals surface area contributed by atoms with E-state index in [-0.39, 0.29) is 18.0 Å². The zero-order valence-electron chi connectivity index (χ0n) is 14.1. The van der Waals surface area contributed by atoms with Crippen LogP contribution in [0.3, 0.4) is 0 Å². The molecule has 2 heterocycles. The maximum atomic E-state index is 12.2. The normalized spacial score (nSPS) is 18.8. The quantitative estimate of drug-likeness (QED) is 0.846. The maximum Gasteiger partial charge on any atom is 0.244 e. The van der Waals surface area contributed by atoms with Crippen molar-refractivity contribution in [2.75, 3.05) is 26.3 Å². The van der Waals surface area contributed by atoms with Crippen LogP contribution in [0.5, 0.6) is 0 Å². The minimum absolute atomic E-state index is 0.0793. The van der Waals surface area contributed by atoms with E-state index in [0.717, 1.165) is 41.5 Å². The number of fused-ring (bicyclic) bond motifs is 1. The summed E-state index contributed by atoms with van der Waals surface area (Å²) in [6, 6.07) is 8.35. The minimum Gasteiger partial charge on any atom is -0.379 e. The predicted molar refractivity (Wildman–Crippen MR) is 98.1 cm³/mol. The van der Waals surface area contributed by atoms with Crippen molar-refractivity contribution in [1.82, 2.24) is 15.2 Å². The van der Waals surface area contributed by atoms with Crippen LogP contribution in [-0.2, 0) is 9.53 Å². The number of morpholine rings is 1. The first-order valence-electron chi connectivity index (χ1n) is 8.29. The SMILES string of the molecule is CC(NC(=O)/C=C/c1nc2ccccc2s1)C(C)N1CCOCC1. The van der Waals surface area contributed by atoms with Gasteiger partial charge in [-0.3, -0.25) is 9.69 Å². The Hall–Kier alpha value is -1.76. The van der Waals surface area contributed by atoms with Crippen LogP contribution >= 0.6 is 11.3 Å². The van der Waals surface area contributed by atoms with Crippen LogP contribution in [0.15, 0.2) is 30.3 Å². The highest BCUT2D eigenvalue weighted by Crippen LogP contribution is 2.22. The molecule has 24 heavy (non-hydrogen) atoms. The lowest BCUT2D eigenvalue weighted by Gasteiger charge is -2.35. The van der Waals surface area contributed by atoms with Gasteiger partial charge >= 0.3 is 0 Å². The van der Waals surface area contributed by atoms with Crippen LogP contribution in [0.4, 0.5) is 0 Å². The molecule has 1 aliphatic heterocycles. The molecule has 3 rings (SSSR count). The molecule has 5 nitrogen and oxygen atoms in total. The largest absolute Gasteiger partial charge is 0.379 e. The second kappa shape index (κ2) is 7.88. The van der Waals surface area contributed by atoms with Crippen molar-refractivity contribution in [2.24, 2.45) is 0 Å². The van der Waals surface area contributed by atoms with Crippen LogP contribution in [0.25, 0.3) is 16.3 Å². The molecule has 1 N–H and O–H groups in total. The summed E-state index contributed by atoms with van der Waals surface area (Å²) in [5.41, 5.74) is 0.969. The molecule has 1 saturated heterocycles. The number of amides is 1. The van der Waals surface area contributed by atoms with Crippen LogP contribution in [-0.4, -0.2) is 54.2 Å². The van der Waals surface area contributed by atoms with Crippen LogP contribution in [0.2, 0.25) is 0 Å². The van der Waals surface area contributed by atoms with Crippen LogP contribution in [0, 0.1) is 0 Å². The molecular weight excluding hydrogens is 322 g/mol. The summed E-state index contributed by atoms with van der Waals surface area (Å²) in [7, 11) is 0. The van der Waals surface area contributed by atoms with E-state index >= 15 is 0 Å². The van der Waals surface area contributed by atoms with E-state index < -0.39 is 0 Å². The third-order valence-electron chi connectivity index (χ3n) is 4.40. The number of para-hydroxylation sites is 1. The monoisotopic (exact) mass is 345 g/mol. The summed E-state index contributed by atoms with van der Waals surface area (Å²) in [5.74, 6) is -0.0816. The second-order valence-electron chi connectivity index (χ2n) is 6.04. The molecule has 0 aliphatic carbocycles. The highest BCUT2D eigenvalue weighted by atomic mass is 32.1. The summed E-state index contributed by atoms with van der Waals surface area (Å²) in [5, 5.41) is 3.90. The number of thiazole rings is 1. The first-order chi connectivity index (χ1) is 11.6. The van der Waals surface area contributed by atoms with Gasteiger partial charge in [0.15, 0.2) is 0 Å². The van der Waals surface area contributed by atoms with E-state index in [1.54, 1.807) is 23.5 Å². The number of ether oxygens (including phenoxy) is 1. The number of carbonyl (C=O) groups excluding carboxylic acids is 1. The molecule has 0 saturated carbocycles. The Morgan fingerprint density at radius 1 is 1.33 bits per heavy atom. The van der Waals surface area contributed by atoms with Crippen molar-refractivity contribution in [3.63, 3.8) is 0 Å². The van der Waals surface area contributed by atoms with Crippen LogP contribution < -0.4 is 5.32 Å². The van der Waals surface area contributed by atoms with Gasteiger partial charge in [-0.15, -0.1) is 11.3 Å². The number of hydrogen-bond donors (Lipinski definition) is 1. The topological polar surface area (TPSA) is 54.5 Å². The van der Waals surface area contributed by atoms with Gasteiger partial charge in [0.1, 0.15) is 5.01 Å². The Balaban J connectivity index is 1.55. The fourth-order valence-electron chi connectivity index (χ4n) is 2.80. The number of carbonyl (C=O) groups is 1. The van der Waals surface area contributed by atoms with Crippen molar-refractivity contribution in [2.45, 2.75) is 25.9 Å². The molecule has 2 unspecified atom stereocenters. The van der Waals surface area contributed by atoms with Crippen LogP contribution in [0.1, 0.15) is 18.9 Å². The molecular formula is C18H23N3O2S. The highest BCUT2D eigenvalue weighted by Gasteiger charge is 2.22. The lowest BCUT2D eigenvalue weighted by molar-refractivity contribution is -0.117. The number of hydrogen-bond acceptors (Lipinski definition) is 5. The van der Waals surface area contributed by atoms with Crippen molar-refractivity contribution in [3.05, 3.63) is 35.3 Å². The second-order valence-corrected chi connectivity index (χ2v) is 7.10. The Kier molecular flexibility index (Phi) is 5.60. The van der Waals surface area contributed by atoms with E-state index in [0.29, 0.717) is 0 Å². The van der Waals surface area contributed by atoms with Gasteiger partial charge in [-0.25, -0.2) is 4.98 Å². The average molecular weight is 345 g/mol. The Labute approximate surface area is 146 Å². The number of benzene rings is 1. The van der Waals surface area contributed by atoms with E-state index in [4.69, 9.17) is 4.74 Å². The first-order valence-corrected chi connectivity index (χ1v) is 9.11. The molecule has 0 radical (unpaired) electrons. The molecule has 6 heteroatoms. The highest BCUT2D eigenvalue weighted by molar-refractivity contribution is 7.19. The zero-order valence-corrected chi connectivity index (χ0v) is 14.9. The van der Waals surface area contributed by atoms with Crippen molar-refractivity contribution in [1.29, 1.82) is 0 Å². The fourth-order valence-corrected chi connectivity index (χ4v) is 3.67. The molecule has 2 aromatic rings. The van der Waals surface area contributed by atoms with Gasteiger partial charge in [-0.2, -0.15) is 0 Å². The molecule has 1 aromatic heterocycles. The van der Waals surface area contributed by atoms with E-state index in [1.807, 2.05) is 31.2 Å². The minimum atomic E-state index is -0.0816. The van der Waals surface area contributed by atoms with E-state index in [2.05, 4.69) is 22.1 Å². The maximum absolute atomic E-state index is 12.2. The van der Waals surface area contributed by atoms with Gasteiger partial charge in [0.05, 0.1) is 23.4 Å². The first kappa shape index (κ1) is 17.1. The molecule has 0 spiro atoms. The summed E-state index contributed by atoms with van der Waals surface area (Å²) < 4.78 is 6.51. The van der Waals surface area contributed by atoms with Crippen molar-refractivity contribution in [3.8, 4) is 0 Å². The van der Waals surface area contributed by atoms with Gasteiger partial charge in [-0.1, -0.05) is 12.1 Å². The van der Waals surface area contributed by atoms with Gasteiger partial charge in [0.2, 0.25) is 5.91 Å². The van der Waals surface area contributed by atoms with Gasteiger partial charge < -0.3 is 10.1 Å². The molecule has 1 amide bonds. The smallest absolute Gasteiger partial charge is 0.244 e. The summed E-state index contributed by atoms with van der Waals surface area (Å²) in [6.07, 6.45) is 3.35. The number of nitrogens with one attached hydrogen (secondary N) is 1. The third kappa shape index (κ3) is 4.20. The lowest BCUT2D eigenvalue weighted by atomic mass is 10.1. The lowest BCUT2D eigenvalue weighted by Crippen LogP contribution is -2.51. The van der Waals surface area contributed by atoms with Gasteiger partial charge in [0, 0.05) is 31.2 Å². The summed E-state index contributed by atoms with van der Waals surface area (Å²) >= 11 is 1.59. The molecule has 0 bridgehead atoms. The molecule has 128 valence electrons.